The second-order valence-electron chi connectivity index (χ2n) is 12.9. The van der Waals surface area contributed by atoms with Crippen LogP contribution in [0.2, 0.25) is 0 Å². The summed E-state index contributed by atoms with van der Waals surface area (Å²) >= 11 is 0. The Morgan fingerprint density at radius 3 is 0.674 bits per heavy atom. The molecular weight excluding hydrogens is 766 g/mol. The maximum absolute atomic E-state index is 11.2. The van der Waals surface area contributed by atoms with Gasteiger partial charge in [-0.1, -0.05) is 134 Å². The summed E-state index contributed by atoms with van der Waals surface area (Å²) in [5, 5.41) is 0. The van der Waals surface area contributed by atoms with Crippen molar-refractivity contribution in [3.63, 3.8) is 0 Å². The number of hydrogen-bond donors (Lipinski definition) is 0. The molecule has 0 aromatic heterocycles. The van der Waals surface area contributed by atoms with E-state index in [2.05, 4.69) is 62.3 Å². The molecule has 0 N–H and O–H groups in total. The summed E-state index contributed by atoms with van der Waals surface area (Å²) in [6.45, 7) is 19.1. The largest absolute Gasteiger partial charge is 3.00 e. The van der Waals surface area contributed by atoms with E-state index in [-0.39, 0.29) is 57.8 Å². The molecule has 46 heavy (non-hydrogen) atoms. The molecule has 6 nitrogen and oxygen atoms in total. The Labute approximate surface area is 322 Å². The Balaban J connectivity index is -0.000000285. The molecule has 0 aromatic rings. The SMILES string of the molecule is CCCCC(CC)C(CCCC)[P+](=O)[O-].CCCCC(CC)C(CCCC)[P+](=O)[O-].CCCCC(CC)C(CCCC)[P+](=O)[O-].[Nd+3]. The maximum Gasteiger partial charge on any atom is 3.00 e. The summed E-state index contributed by atoms with van der Waals surface area (Å²) in [5.74, 6) is 1.16. The van der Waals surface area contributed by atoms with Gasteiger partial charge in [-0.25, -0.2) is 0 Å². The minimum atomic E-state index is -2.24. The second-order valence-corrected chi connectivity index (χ2v) is 16.6. The van der Waals surface area contributed by atoms with E-state index in [0.717, 1.165) is 135 Å². The summed E-state index contributed by atoms with van der Waals surface area (Å²) in [6.07, 6.45) is 22.1. The van der Waals surface area contributed by atoms with E-state index >= 15 is 0 Å². The Morgan fingerprint density at radius 2 is 0.543 bits per heavy atom. The number of rotatable bonds is 27. The Hall–Kier alpha value is 1.53. The van der Waals surface area contributed by atoms with Gasteiger partial charge >= 0.3 is 64.9 Å². The van der Waals surface area contributed by atoms with E-state index in [1.165, 1.54) is 0 Å². The Bertz CT molecular complexity index is 610. The molecule has 0 bridgehead atoms. The molecule has 0 heterocycles. The third-order valence-electron chi connectivity index (χ3n) is 9.36. The van der Waals surface area contributed by atoms with Crippen LogP contribution < -0.4 is 14.7 Å². The first kappa shape index (κ1) is 54.3. The molecule has 9 atom stereocenters. The van der Waals surface area contributed by atoms with Crippen LogP contribution in [0.1, 0.15) is 197 Å². The van der Waals surface area contributed by atoms with Gasteiger partial charge in [0.15, 0.2) is 17.0 Å². The zero-order valence-electron chi connectivity index (χ0n) is 31.6. The molecule has 0 aliphatic carbocycles. The molecule has 0 spiro atoms. The van der Waals surface area contributed by atoms with E-state index in [1.54, 1.807) is 0 Å². The topological polar surface area (TPSA) is 120 Å². The van der Waals surface area contributed by atoms with E-state index in [4.69, 9.17) is 0 Å². The molecule has 0 aromatic carbocycles. The van der Waals surface area contributed by atoms with E-state index in [0.29, 0.717) is 17.8 Å². The molecule has 0 saturated heterocycles. The second kappa shape index (κ2) is 39.3. The Morgan fingerprint density at radius 1 is 0.370 bits per heavy atom. The smallest absolute Gasteiger partial charge is 0.595 e. The van der Waals surface area contributed by atoms with Gasteiger partial charge < -0.3 is 14.7 Å². The first-order chi connectivity index (χ1) is 21.5. The van der Waals surface area contributed by atoms with Crippen LogP contribution in [-0.4, -0.2) is 17.0 Å². The van der Waals surface area contributed by atoms with Crippen molar-refractivity contribution in [3.8, 4) is 0 Å². The summed E-state index contributed by atoms with van der Waals surface area (Å²) in [6, 6.07) is 0. The summed E-state index contributed by atoms with van der Waals surface area (Å²) in [4.78, 5) is 33.6. The van der Waals surface area contributed by atoms with Gasteiger partial charge in [-0.2, -0.15) is 0 Å². The fourth-order valence-electron chi connectivity index (χ4n) is 6.18. The van der Waals surface area contributed by atoms with Crippen LogP contribution in [0.25, 0.3) is 0 Å². The molecular formula is C36H75NdO6P3+3. The van der Waals surface area contributed by atoms with Gasteiger partial charge in [-0.15, -0.1) is 0 Å². The normalized spacial score (nSPS) is 15.8. The molecule has 1 radical (unpaired) electrons. The average molecular weight is 841 g/mol. The number of unbranched alkanes of at least 4 members (excludes halogenated alkanes) is 6. The number of hydrogen-bond acceptors (Lipinski definition) is 6. The zero-order chi connectivity index (χ0) is 35.0. The van der Waals surface area contributed by atoms with Gasteiger partial charge in [0.1, 0.15) is 0 Å². The van der Waals surface area contributed by atoms with Gasteiger partial charge in [0, 0.05) is 17.8 Å². The van der Waals surface area contributed by atoms with Crippen molar-refractivity contribution in [2.24, 2.45) is 17.8 Å². The molecule has 0 fully saturated rings. The van der Waals surface area contributed by atoms with Crippen LogP contribution in [0.3, 0.4) is 0 Å². The van der Waals surface area contributed by atoms with Crippen molar-refractivity contribution in [1.82, 2.24) is 0 Å². The molecule has 0 aliphatic rings. The molecule has 10 heteroatoms. The third kappa shape index (κ3) is 29.3. The third-order valence-corrected chi connectivity index (χ3v) is 13.0. The zero-order valence-corrected chi connectivity index (χ0v) is 37.5. The van der Waals surface area contributed by atoms with Crippen molar-refractivity contribution in [2.75, 3.05) is 0 Å². The van der Waals surface area contributed by atoms with E-state index in [9.17, 15) is 28.4 Å². The summed E-state index contributed by atoms with van der Waals surface area (Å²) in [7, 11) is -6.71. The molecule has 0 saturated carbocycles. The van der Waals surface area contributed by atoms with Crippen LogP contribution in [0.4, 0.5) is 0 Å². The van der Waals surface area contributed by atoms with Crippen molar-refractivity contribution in [3.05, 3.63) is 0 Å². The van der Waals surface area contributed by atoms with Crippen LogP contribution in [0.15, 0.2) is 0 Å². The van der Waals surface area contributed by atoms with E-state index < -0.39 is 24.1 Å². The van der Waals surface area contributed by atoms with Crippen LogP contribution in [0.5, 0.6) is 0 Å². The van der Waals surface area contributed by atoms with Crippen LogP contribution in [-0.2, 0) is 13.7 Å². The maximum atomic E-state index is 11.2. The standard InChI is InChI=1S/3C12H25O2P.Nd/c3*1-4-7-9-11(6-3)12(15(13)14)10-8-5-2;/h3*11-12H,4-10H2,1-3H3;/q;;;+3. The van der Waals surface area contributed by atoms with E-state index in [1.807, 2.05) is 0 Å². The molecule has 271 valence electrons. The van der Waals surface area contributed by atoms with Gasteiger partial charge in [-0.3, -0.25) is 0 Å². The van der Waals surface area contributed by atoms with Gasteiger partial charge in [0.05, 0.1) is 0 Å². The minimum absolute atomic E-state index is 0. The molecule has 0 amide bonds. The minimum Gasteiger partial charge on any atom is -0.595 e. The first-order valence-electron chi connectivity index (χ1n) is 18.9. The predicted octanol–water partition coefficient (Wildman–Crippen LogP) is 11.6. The quantitative estimate of drug-likeness (QED) is 0.0760. The first-order valence-corrected chi connectivity index (χ1v) is 22.6. The van der Waals surface area contributed by atoms with Crippen LogP contribution >= 0.6 is 24.1 Å². The molecule has 9 unspecified atom stereocenters. The fraction of sp³-hybridized carbons (Fsp3) is 1.00. The van der Waals surface area contributed by atoms with Crippen LogP contribution in [0, 0.1) is 58.6 Å². The van der Waals surface area contributed by atoms with Gasteiger partial charge in [0.2, 0.25) is 0 Å². The predicted molar refractivity (Wildman–Crippen MR) is 193 cm³/mol. The van der Waals surface area contributed by atoms with Gasteiger partial charge in [-0.05, 0) is 77.0 Å². The van der Waals surface area contributed by atoms with Gasteiger partial charge in [0.25, 0.3) is 0 Å². The monoisotopic (exact) mass is 838 g/mol. The van der Waals surface area contributed by atoms with Crippen molar-refractivity contribution < 1.29 is 69.2 Å². The van der Waals surface area contributed by atoms with Crippen molar-refractivity contribution in [2.45, 2.75) is 214 Å². The Kier molecular flexibility index (Phi) is 46.4. The fourth-order valence-corrected chi connectivity index (χ4v) is 9.48. The average Bonchev–Trinajstić information content (AvgIpc) is 3.02. The van der Waals surface area contributed by atoms with Crippen molar-refractivity contribution in [1.29, 1.82) is 0 Å². The summed E-state index contributed by atoms with van der Waals surface area (Å²) < 4.78 is 33.6. The molecule has 0 aliphatic heterocycles. The van der Waals surface area contributed by atoms with Crippen molar-refractivity contribution >= 4 is 24.1 Å². The molecule has 0 rings (SSSR count). The summed E-state index contributed by atoms with van der Waals surface area (Å²) in [5.41, 5.74) is -0.218.